The summed E-state index contributed by atoms with van der Waals surface area (Å²) in [5, 5.41) is 0. The van der Waals surface area contributed by atoms with Crippen LogP contribution in [0.3, 0.4) is 0 Å². The van der Waals surface area contributed by atoms with Gasteiger partial charge in [-0.15, -0.1) is 0 Å². The number of unbranched alkanes of at least 4 members (excludes halogenated alkanes) is 1. The molecule has 0 aliphatic rings. The fourth-order valence-corrected chi connectivity index (χ4v) is 3.05. The van der Waals surface area contributed by atoms with Gasteiger partial charge in [0, 0.05) is 0 Å². The van der Waals surface area contributed by atoms with E-state index in [-0.39, 0.29) is 0 Å². The van der Waals surface area contributed by atoms with E-state index in [1.54, 1.807) is 0 Å². The van der Waals surface area contributed by atoms with Crippen molar-refractivity contribution in [1.82, 2.24) is 0 Å². The van der Waals surface area contributed by atoms with Crippen LogP contribution >= 0.6 is 22.6 Å². The predicted molar refractivity (Wildman–Crippen MR) is 80.1 cm³/mol. The fraction of sp³-hybridized carbons (Fsp3) is 0.833. The van der Waals surface area contributed by atoms with Gasteiger partial charge in [-0.2, -0.15) is 0 Å². The van der Waals surface area contributed by atoms with E-state index in [2.05, 4.69) is 66.2 Å². The smallest absolute Gasteiger partial charge is 0.184 e. The fourth-order valence-electron chi connectivity index (χ4n) is 1.52. The monoisotopic (exact) mass is 340 g/mol. The molecule has 0 saturated heterocycles. The average Bonchev–Trinajstić information content (AvgIpc) is 2.11. The summed E-state index contributed by atoms with van der Waals surface area (Å²) in [6.45, 7) is 11.3. The molecule has 0 aromatic carbocycles. The molecule has 0 aliphatic carbocycles. The molecule has 2 unspecified atom stereocenters. The van der Waals surface area contributed by atoms with Crippen LogP contribution in [0.15, 0.2) is 10.2 Å². The van der Waals surface area contributed by atoms with Crippen molar-refractivity contribution < 1.29 is 4.43 Å². The van der Waals surface area contributed by atoms with Crippen molar-refractivity contribution >= 4 is 30.9 Å². The maximum atomic E-state index is 6.18. The summed E-state index contributed by atoms with van der Waals surface area (Å²) < 4.78 is 8.27. The largest absolute Gasteiger partial charge is 0.411 e. The molecular formula is C12H25IOSi. The van der Waals surface area contributed by atoms with Crippen molar-refractivity contribution in [2.45, 2.75) is 58.9 Å². The van der Waals surface area contributed by atoms with Crippen molar-refractivity contribution in [3.05, 3.63) is 10.2 Å². The average molecular weight is 340 g/mol. The van der Waals surface area contributed by atoms with E-state index in [1.165, 1.54) is 19.3 Å². The molecule has 2 atom stereocenters. The molecule has 0 saturated carbocycles. The molecule has 0 aromatic heterocycles. The summed E-state index contributed by atoms with van der Waals surface area (Å²) in [4.78, 5) is 0. The van der Waals surface area contributed by atoms with Crippen molar-refractivity contribution in [2.24, 2.45) is 5.92 Å². The zero-order valence-electron chi connectivity index (χ0n) is 10.7. The molecule has 0 aromatic rings. The molecule has 90 valence electrons. The van der Waals surface area contributed by atoms with Gasteiger partial charge in [-0.25, -0.2) is 0 Å². The highest BCUT2D eigenvalue weighted by Crippen LogP contribution is 2.20. The minimum absolute atomic E-state index is 0.320. The number of halogens is 1. The Morgan fingerprint density at radius 3 is 2.33 bits per heavy atom. The standard InChI is InChI=1S/C12H25IOSi/c1-6-7-8-11(2)12(9-10-13)14-15(3,4)5/h9-12H,6-8H2,1-5H3. The van der Waals surface area contributed by atoms with Gasteiger partial charge in [-0.1, -0.05) is 55.4 Å². The summed E-state index contributed by atoms with van der Waals surface area (Å²) in [7, 11) is -1.41. The van der Waals surface area contributed by atoms with E-state index in [9.17, 15) is 0 Å². The molecule has 0 heterocycles. The minimum atomic E-state index is -1.41. The molecule has 0 radical (unpaired) electrons. The Balaban J connectivity index is 4.25. The Morgan fingerprint density at radius 2 is 1.93 bits per heavy atom. The minimum Gasteiger partial charge on any atom is -0.411 e. The summed E-state index contributed by atoms with van der Waals surface area (Å²) in [5.74, 6) is 0.641. The third-order valence-electron chi connectivity index (χ3n) is 2.33. The molecule has 0 bridgehead atoms. The van der Waals surface area contributed by atoms with E-state index in [0.29, 0.717) is 12.0 Å². The predicted octanol–water partition coefficient (Wildman–Crippen LogP) is 4.98. The summed E-state index contributed by atoms with van der Waals surface area (Å²) >= 11 is 2.28. The lowest BCUT2D eigenvalue weighted by Crippen LogP contribution is -2.34. The van der Waals surface area contributed by atoms with Gasteiger partial charge in [0.1, 0.15) is 0 Å². The van der Waals surface area contributed by atoms with Crippen molar-refractivity contribution in [1.29, 1.82) is 0 Å². The molecule has 0 fully saturated rings. The third-order valence-corrected chi connectivity index (χ3v) is 3.72. The Morgan fingerprint density at radius 1 is 1.33 bits per heavy atom. The maximum absolute atomic E-state index is 6.18. The normalized spacial score (nSPS) is 16.9. The van der Waals surface area contributed by atoms with Gasteiger partial charge >= 0.3 is 0 Å². The van der Waals surface area contributed by atoms with Gasteiger partial charge in [-0.3, -0.25) is 0 Å². The molecule has 3 heteroatoms. The Kier molecular flexibility index (Phi) is 8.18. The van der Waals surface area contributed by atoms with Crippen LogP contribution in [-0.2, 0) is 4.43 Å². The summed E-state index contributed by atoms with van der Waals surface area (Å²) in [5.41, 5.74) is 0. The van der Waals surface area contributed by atoms with E-state index in [4.69, 9.17) is 4.43 Å². The number of hydrogen-bond acceptors (Lipinski definition) is 1. The van der Waals surface area contributed by atoms with Crippen LogP contribution in [0, 0.1) is 5.92 Å². The van der Waals surface area contributed by atoms with Crippen molar-refractivity contribution in [3.8, 4) is 0 Å². The molecule has 0 aliphatic heterocycles. The highest BCUT2D eigenvalue weighted by atomic mass is 127. The molecule has 0 rings (SSSR count). The lowest BCUT2D eigenvalue weighted by Gasteiger charge is -2.28. The molecular weight excluding hydrogens is 315 g/mol. The summed E-state index contributed by atoms with van der Waals surface area (Å²) in [6, 6.07) is 0. The van der Waals surface area contributed by atoms with Crippen LogP contribution in [0.25, 0.3) is 0 Å². The van der Waals surface area contributed by atoms with Crippen molar-refractivity contribution in [2.75, 3.05) is 0 Å². The lowest BCUT2D eigenvalue weighted by molar-refractivity contribution is 0.173. The van der Waals surface area contributed by atoms with E-state index in [1.807, 2.05) is 0 Å². The van der Waals surface area contributed by atoms with Gasteiger partial charge in [0.2, 0.25) is 0 Å². The second-order valence-electron chi connectivity index (χ2n) is 5.13. The highest BCUT2D eigenvalue weighted by molar-refractivity contribution is 14.1. The van der Waals surface area contributed by atoms with E-state index < -0.39 is 8.32 Å². The summed E-state index contributed by atoms with van der Waals surface area (Å²) in [6.07, 6.45) is 6.38. The van der Waals surface area contributed by atoms with Gasteiger partial charge in [0.05, 0.1) is 6.10 Å². The zero-order chi connectivity index (χ0) is 11.9. The van der Waals surface area contributed by atoms with Crippen LogP contribution < -0.4 is 0 Å². The first-order chi connectivity index (χ1) is 6.90. The molecule has 0 N–H and O–H groups in total. The first-order valence-electron chi connectivity index (χ1n) is 5.85. The lowest BCUT2D eigenvalue weighted by atomic mass is 9.98. The zero-order valence-corrected chi connectivity index (χ0v) is 13.9. The topological polar surface area (TPSA) is 9.23 Å². The molecule has 15 heavy (non-hydrogen) atoms. The first kappa shape index (κ1) is 15.6. The highest BCUT2D eigenvalue weighted by Gasteiger charge is 2.23. The van der Waals surface area contributed by atoms with Crippen LogP contribution in [0.2, 0.25) is 19.6 Å². The first-order valence-corrected chi connectivity index (χ1v) is 10.5. The van der Waals surface area contributed by atoms with Gasteiger partial charge in [0.25, 0.3) is 0 Å². The van der Waals surface area contributed by atoms with E-state index >= 15 is 0 Å². The third kappa shape index (κ3) is 8.45. The van der Waals surface area contributed by atoms with Gasteiger partial charge < -0.3 is 4.43 Å². The van der Waals surface area contributed by atoms with Gasteiger partial charge in [-0.05, 0) is 36.1 Å². The Labute approximate surface area is 110 Å². The Bertz CT molecular complexity index is 187. The maximum Gasteiger partial charge on any atom is 0.184 e. The molecule has 0 spiro atoms. The number of rotatable bonds is 7. The number of hydrogen-bond donors (Lipinski definition) is 0. The van der Waals surface area contributed by atoms with Gasteiger partial charge in [0.15, 0.2) is 8.32 Å². The molecule has 1 nitrogen and oxygen atoms in total. The quantitative estimate of drug-likeness (QED) is 0.469. The second kappa shape index (κ2) is 7.85. The van der Waals surface area contributed by atoms with Crippen molar-refractivity contribution in [3.63, 3.8) is 0 Å². The van der Waals surface area contributed by atoms with Crippen LogP contribution in [-0.4, -0.2) is 14.4 Å². The second-order valence-corrected chi connectivity index (χ2v) is 10.3. The van der Waals surface area contributed by atoms with E-state index in [0.717, 1.165) is 0 Å². The SMILES string of the molecule is CCCCC(C)C(C=CI)O[Si](C)(C)C. The molecule has 0 amide bonds. The van der Waals surface area contributed by atoms with Crippen LogP contribution in [0.4, 0.5) is 0 Å². The Hall–Kier alpha value is 0.647. The van der Waals surface area contributed by atoms with Crippen LogP contribution in [0.5, 0.6) is 0 Å². The van der Waals surface area contributed by atoms with Crippen LogP contribution in [0.1, 0.15) is 33.1 Å².